The number of aromatic nitrogens is 1. The molecule has 1 aliphatic rings. The number of carboxylic acid groups (broad SMARTS) is 1. The van der Waals surface area contributed by atoms with E-state index in [2.05, 4.69) is 15.2 Å². The van der Waals surface area contributed by atoms with Crippen LogP contribution >= 0.6 is 0 Å². The van der Waals surface area contributed by atoms with Gasteiger partial charge in [-0.2, -0.15) is 0 Å². The van der Waals surface area contributed by atoms with Gasteiger partial charge in [-0.3, -0.25) is 4.79 Å². The van der Waals surface area contributed by atoms with Crippen LogP contribution in [0, 0.1) is 0 Å². The molecule has 2 rings (SSSR count). The second-order valence-electron chi connectivity index (χ2n) is 4.12. The number of carbonyl (C=O) groups is 1. The maximum Gasteiger partial charge on any atom is 0.303 e. The Balaban J connectivity index is 2.11. The van der Waals surface area contributed by atoms with Crippen LogP contribution in [-0.2, 0) is 11.2 Å². The van der Waals surface area contributed by atoms with Crippen molar-refractivity contribution >= 4 is 11.8 Å². The predicted molar refractivity (Wildman–Crippen MR) is 65.3 cm³/mol. The van der Waals surface area contributed by atoms with Gasteiger partial charge in [0.25, 0.3) is 0 Å². The summed E-state index contributed by atoms with van der Waals surface area (Å²) in [6.07, 6.45) is 2.47. The minimum atomic E-state index is -0.764. The van der Waals surface area contributed by atoms with E-state index in [1.807, 2.05) is 12.1 Å². The number of nitrogens with one attached hydrogen (secondary N) is 1. The Morgan fingerprint density at radius 1 is 1.47 bits per heavy atom. The van der Waals surface area contributed by atoms with E-state index in [9.17, 15) is 4.79 Å². The fourth-order valence-corrected chi connectivity index (χ4v) is 2.03. The van der Waals surface area contributed by atoms with E-state index in [0.29, 0.717) is 6.42 Å². The minimum Gasteiger partial charge on any atom is -0.481 e. The number of rotatable bonds is 4. The number of piperazine rings is 1. The third kappa shape index (κ3) is 3.17. The third-order valence-electron chi connectivity index (χ3n) is 2.89. The normalized spacial score (nSPS) is 15.9. The predicted octanol–water partition coefficient (Wildman–Crippen LogP) is 0.508. The molecule has 0 unspecified atom stereocenters. The van der Waals surface area contributed by atoms with Crippen molar-refractivity contribution in [2.75, 3.05) is 31.1 Å². The van der Waals surface area contributed by atoms with E-state index in [-0.39, 0.29) is 6.42 Å². The Morgan fingerprint density at radius 2 is 2.24 bits per heavy atom. The van der Waals surface area contributed by atoms with Gasteiger partial charge in [-0.1, -0.05) is 6.07 Å². The standard InChI is InChI=1S/C12H17N3O2/c16-11(17)4-3-10-2-1-5-14-12(10)15-8-6-13-7-9-15/h1-2,5,13H,3-4,6-9H2,(H,16,17). The van der Waals surface area contributed by atoms with E-state index < -0.39 is 5.97 Å². The van der Waals surface area contributed by atoms with Crippen LogP contribution in [0.5, 0.6) is 0 Å². The Hall–Kier alpha value is -1.62. The van der Waals surface area contributed by atoms with Crippen molar-refractivity contribution in [2.24, 2.45) is 0 Å². The topological polar surface area (TPSA) is 65.5 Å². The summed E-state index contributed by atoms with van der Waals surface area (Å²) < 4.78 is 0. The average molecular weight is 235 g/mol. The van der Waals surface area contributed by atoms with E-state index in [1.54, 1.807) is 6.20 Å². The molecule has 0 atom stereocenters. The first-order valence-electron chi connectivity index (χ1n) is 5.89. The summed E-state index contributed by atoms with van der Waals surface area (Å²) in [5, 5.41) is 12.0. The fourth-order valence-electron chi connectivity index (χ4n) is 2.03. The van der Waals surface area contributed by atoms with Gasteiger partial charge < -0.3 is 15.3 Å². The molecule has 0 spiro atoms. The lowest BCUT2D eigenvalue weighted by molar-refractivity contribution is -0.136. The molecule has 0 saturated carbocycles. The SMILES string of the molecule is O=C(O)CCc1cccnc1N1CCNCC1. The molecule has 1 fully saturated rings. The first-order valence-corrected chi connectivity index (χ1v) is 5.89. The van der Waals surface area contributed by atoms with Crippen LogP contribution < -0.4 is 10.2 Å². The second kappa shape index (κ2) is 5.63. The molecule has 1 aromatic rings. The van der Waals surface area contributed by atoms with Gasteiger partial charge in [0.2, 0.25) is 0 Å². The zero-order valence-corrected chi connectivity index (χ0v) is 9.72. The third-order valence-corrected chi connectivity index (χ3v) is 2.89. The minimum absolute atomic E-state index is 0.158. The Morgan fingerprint density at radius 3 is 2.94 bits per heavy atom. The molecule has 1 saturated heterocycles. The van der Waals surface area contributed by atoms with Crippen LogP contribution in [0.15, 0.2) is 18.3 Å². The number of pyridine rings is 1. The number of anilines is 1. The molecule has 0 bridgehead atoms. The summed E-state index contributed by atoms with van der Waals surface area (Å²) in [7, 11) is 0. The molecule has 0 amide bonds. The quantitative estimate of drug-likeness (QED) is 0.796. The molecule has 5 nitrogen and oxygen atoms in total. The first kappa shape index (κ1) is 11.9. The van der Waals surface area contributed by atoms with Crippen molar-refractivity contribution in [3.05, 3.63) is 23.9 Å². The van der Waals surface area contributed by atoms with Crippen LogP contribution in [0.25, 0.3) is 0 Å². The molecule has 92 valence electrons. The highest BCUT2D eigenvalue weighted by Gasteiger charge is 2.15. The smallest absolute Gasteiger partial charge is 0.303 e. The average Bonchev–Trinajstić information content (AvgIpc) is 2.38. The van der Waals surface area contributed by atoms with Crippen molar-refractivity contribution in [3.63, 3.8) is 0 Å². The largest absolute Gasteiger partial charge is 0.481 e. The molecule has 1 aliphatic heterocycles. The monoisotopic (exact) mass is 235 g/mol. The van der Waals surface area contributed by atoms with Crippen LogP contribution in [0.3, 0.4) is 0 Å². The van der Waals surface area contributed by atoms with Gasteiger partial charge in [0.1, 0.15) is 5.82 Å². The van der Waals surface area contributed by atoms with Crippen LogP contribution in [0.4, 0.5) is 5.82 Å². The summed E-state index contributed by atoms with van der Waals surface area (Å²) in [5.41, 5.74) is 1.02. The highest BCUT2D eigenvalue weighted by molar-refractivity contribution is 5.67. The van der Waals surface area contributed by atoms with Crippen molar-refractivity contribution < 1.29 is 9.90 Å². The first-order chi connectivity index (χ1) is 8.27. The van der Waals surface area contributed by atoms with E-state index in [4.69, 9.17) is 5.11 Å². The van der Waals surface area contributed by atoms with Gasteiger partial charge in [0.05, 0.1) is 0 Å². The van der Waals surface area contributed by atoms with Gasteiger partial charge in [-0.15, -0.1) is 0 Å². The summed E-state index contributed by atoms with van der Waals surface area (Å²) in [5.74, 6) is 0.176. The molecule has 5 heteroatoms. The summed E-state index contributed by atoms with van der Waals surface area (Å²) >= 11 is 0. The van der Waals surface area contributed by atoms with Gasteiger partial charge in [0.15, 0.2) is 0 Å². The van der Waals surface area contributed by atoms with Crippen LogP contribution in [0.2, 0.25) is 0 Å². The lowest BCUT2D eigenvalue weighted by Gasteiger charge is -2.29. The van der Waals surface area contributed by atoms with Crippen molar-refractivity contribution in [1.29, 1.82) is 0 Å². The van der Waals surface area contributed by atoms with E-state index in [0.717, 1.165) is 37.6 Å². The van der Waals surface area contributed by atoms with Gasteiger partial charge in [-0.25, -0.2) is 4.98 Å². The maximum absolute atomic E-state index is 10.6. The summed E-state index contributed by atoms with van der Waals surface area (Å²) in [4.78, 5) is 17.2. The number of hydrogen-bond donors (Lipinski definition) is 2. The van der Waals surface area contributed by atoms with Crippen molar-refractivity contribution in [3.8, 4) is 0 Å². The Labute approximate surface area is 100 Å². The van der Waals surface area contributed by atoms with Crippen molar-refractivity contribution in [2.45, 2.75) is 12.8 Å². The molecular formula is C12H17N3O2. The van der Waals surface area contributed by atoms with Gasteiger partial charge >= 0.3 is 5.97 Å². The van der Waals surface area contributed by atoms with Crippen LogP contribution in [-0.4, -0.2) is 42.2 Å². The van der Waals surface area contributed by atoms with E-state index in [1.165, 1.54) is 0 Å². The molecule has 0 aliphatic carbocycles. The molecule has 2 N–H and O–H groups in total. The summed E-state index contributed by atoms with van der Waals surface area (Å²) in [6, 6.07) is 3.83. The fraction of sp³-hybridized carbons (Fsp3) is 0.500. The molecule has 17 heavy (non-hydrogen) atoms. The molecule has 1 aromatic heterocycles. The zero-order chi connectivity index (χ0) is 12.1. The molecule has 0 aromatic carbocycles. The number of carboxylic acids is 1. The number of hydrogen-bond acceptors (Lipinski definition) is 4. The van der Waals surface area contributed by atoms with Crippen molar-refractivity contribution in [1.82, 2.24) is 10.3 Å². The maximum atomic E-state index is 10.6. The second-order valence-corrected chi connectivity index (χ2v) is 4.12. The lowest BCUT2D eigenvalue weighted by Crippen LogP contribution is -2.44. The van der Waals surface area contributed by atoms with Gasteiger partial charge in [-0.05, 0) is 18.1 Å². The lowest BCUT2D eigenvalue weighted by atomic mass is 10.1. The number of aliphatic carboxylic acids is 1. The molecule has 2 heterocycles. The number of nitrogens with zero attached hydrogens (tertiary/aromatic N) is 2. The van der Waals surface area contributed by atoms with Gasteiger partial charge in [0, 0.05) is 38.8 Å². The molecule has 0 radical (unpaired) electrons. The van der Waals surface area contributed by atoms with Crippen LogP contribution in [0.1, 0.15) is 12.0 Å². The highest BCUT2D eigenvalue weighted by Crippen LogP contribution is 2.19. The molecular weight excluding hydrogens is 218 g/mol. The zero-order valence-electron chi connectivity index (χ0n) is 9.72. The van der Waals surface area contributed by atoms with E-state index >= 15 is 0 Å². The number of aryl methyl sites for hydroxylation is 1. The highest BCUT2D eigenvalue weighted by atomic mass is 16.4. The summed E-state index contributed by atoms with van der Waals surface area (Å²) in [6.45, 7) is 3.76. The Bertz CT molecular complexity index is 389. The Kier molecular flexibility index (Phi) is 3.93.